The molecule has 1 amide bonds. The third kappa shape index (κ3) is 3.29. The van der Waals surface area contributed by atoms with Gasteiger partial charge in [-0.25, -0.2) is 13.4 Å². The van der Waals surface area contributed by atoms with Crippen molar-refractivity contribution in [1.82, 2.24) is 14.5 Å². The molecule has 0 bridgehead atoms. The largest absolute Gasteiger partial charge is 0.334 e. The monoisotopic (exact) mass is 395 g/mol. The molecule has 1 atom stereocenters. The Kier molecular flexibility index (Phi) is 4.60. The lowest BCUT2D eigenvalue weighted by molar-refractivity contribution is -0.136. The Morgan fingerprint density at radius 3 is 2.73 bits per heavy atom. The summed E-state index contributed by atoms with van der Waals surface area (Å²) in [6.07, 6.45) is 5.81. The number of hydrogen-bond acceptors (Lipinski definition) is 6. The number of carbonyl (C=O) groups is 1. The standard InChI is InChI=1S/C17H21N3O4S2/c21-15(9-19-11-18-14-5-7-25-16(14)17(19)22)20(12-3-1-2-4-12)13-6-8-26(23,24)10-13/h5,7,11-13H,1-4,6,8-10H2. The summed E-state index contributed by atoms with van der Waals surface area (Å²) in [7, 11) is -3.08. The van der Waals surface area contributed by atoms with Crippen molar-refractivity contribution in [3.63, 3.8) is 0 Å². The van der Waals surface area contributed by atoms with Gasteiger partial charge < -0.3 is 4.90 Å². The Morgan fingerprint density at radius 1 is 1.27 bits per heavy atom. The van der Waals surface area contributed by atoms with Gasteiger partial charge in [-0.1, -0.05) is 12.8 Å². The maximum Gasteiger partial charge on any atom is 0.271 e. The van der Waals surface area contributed by atoms with E-state index in [0.717, 1.165) is 25.7 Å². The van der Waals surface area contributed by atoms with Gasteiger partial charge in [0.15, 0.2) is 9.84 Å². The summed E-state index contributed by atoms with van der Waals surface area (Å²) in [6.45, 7) is -0.0906. The first-order valence-corrected chi connectivity index (χ1v) is 11.6. The first kappa shape index (κ1) is 17.7. The minimum Gasteiger partial charge on any atom is -0.334 e. The van der Waals surface area contributed by atoms with E-state index in [4.69, 9.17) is 0 Å². The third-order valence-corrected chi connectivity index (χ3v) is 7.99. The lowest BCUT2D eigenvalue weighted by Crippen LogP contribution is -2.48. The van der Waals surface area contributed by atoms with Gasteiger partial charge in [0.05, 0.1) is 23.3 Å². The lowest BCUT2D eigenvalue weighted by atomic mass is 10.1. The van der Waals surface area contributed by atoms with Crippen molar-refractivity contribution in [2.75, 3.05) is 11.5 Å². The molecule has 1 unspecified atom stereocenters. The van der Waals surface area contributed by atoms with Crippen LogP contribution in [0.15, 0.2) is 22.6 Å². The zero-order chi connectivity index (χ0) is 18.3. The molecule has 0 radical (unpaired) electrons. The Balaban J connectivity index is 1.61. The molecule has 2 aromatic rings. The highest BCUT2D eigenvalue weighted by Gasteiger charge is 2.39. The van der Waals surface area contributed by atoms with Crippen molar-refractivity contribution in [2.45, 2.75) is 50.7 Å². The summed E-state index contributed by atoms with van der Waals surface area (Å²) in [4.78, 5) is 31.6. The Hall–Kier alpha value is -1.74. The first-order chi connectivity index (χ1) is 12.4. The molecule has 2 aliphatic rings. The second-order valence-corrected chi connectivity index (χ2v) is 10.3. The van der Waals surface area contributed by atoms with Crippen molar-refractivity contribution < 1.29 is 13.2 Å². The van der Waals surface area contributed by atoms with Gasteiger partial charge in [-0.15, -0.1) is 11.3 Å². The molecule has 140 valence electrons. The number of nitrogens with zero attached hydrogens (tertiary/aromatic N) is 3. The zero-order valence-electron chi connectivity index (χ0n) is 14.3. The van der Waals surface area contributed by atoms with E-state index in [2.05, 4.69) is 4.98 Å². The number of fused-ring (bicyclic) bond motifs is 1. The van der Waals surface area contributed by atoms with E-state index in [0.29, 0.717) is 16.6 Å². The highest BCUT2D eigenvalue weighted by molar-refractivity contribution is 7.91. The number of aromatic nitrogens is 2. The Bertz CT molecular complexity index is 989. The number of hydrogen-bond donors (Lipinski definition) is 0. The molecule has 26 heavy (non-hydrogen) atoms. The van der Waals surface area contributed by atoms with Crippen LogP contribution >= 0.6 is 11.3 Å². The van der Waals surface area contributed by atoms with Gasteiger partial charge in [-0.3, -0.25) is 14.2 Å². The number of amides is 1. The second-order valence-electron chi connectivity index (χ2n) is 7.11. The van der Waals surface area contributed by atoms with Gasteiger partial charge in [0.2, 0.25) is 5.91 Å². The molecule has 3 heterocycles. The van der Waals surface area contributed by atoms with Crippen LogP contribution in [0.2, 0.25) is 0 Å². The molecule has 1 saturated carbocycles. The third-order valence-electron chi connectivity index (χ3n) is 5.35. The van der Waals surface area contributed by atoms with Crippen LogP contribution in [-0.4, -0.2) is 52.4 Å². The van der Waals surface area contributed by atoms with Crippen LogP contribution in [0.4, 0.5) is 0 Å². The van der Waals surface area contributed by atoms with Crippen LogP contribution in [0.25, 0.3) is 10.2 Å². The average Bonchev–Trinajstić information content (AvgIpc) is 3.32. The van der Waals surface area contributed by atoms with E-state index < -0.39 is 9.84 Å². The summed E-state index contributed by atoms with van der Waals surface area (Å²) in [5, 5.41) is 1.81. The number of carbonyl (C=O) groups excluding carboxylic acids is 1. The predicted octanol–water partition coefficient (Wildman–Crippen LogP) is 1.42. The van der Waals surface area contributed by atoms with Gasteiger partial charge in [0, 0.05) is 12.1 Å². The van der Waals surface area contributed by atoms with E-state index >= 15 is 0 Å². The molecular weight excluding hydrogens is 374 g/mol. The fourth-order valence-electron chi connectivity index (χ4n) is 4.10. The van der Waals surface area contributed by atoms with Crippen LogP contribution in [0.1, 0.15) is 32.1 Å². The van der Waals surface area contributed by atoms with Crippen molar-refractivity contribution >= 4 is 37.3 Å². The number of thiophene rings is 1. The second kappa shape index (κ2) is 6.77. The van der Waals surface area contributed by atoms with E-state index in [-0.39, 0.29) is 41.6 Å². The maximum atomic E-state index is 13.1. The summed E-state index contributed by atoms with van der Waals surface area (Å²) < 4.78 is 25.7. The van der Waals surface area contributed by atoms with Crippen LogP contribution in [0.5, 0.6) is 0 Å². The van der Waals surface area contributed by atoms with E-state index in [9.17, 15) is 18.0 Å². The minimum absolute atomic E-state index is 0.0341. The van der Waals surface area contributed by atoms with Crippen molar-refractivity contribution in [2.24, 2.45) is 0 Å². The summed E-state index contributed by atoms with van der Waals surface area (Å²) in [5.41, 5.74) is 0.419. The number of sulfone groups is 1. The molecule has 7 nitrogen and oxygen atoms in total. The molecule has 0 N–H and O–H groups in total. The van der Waals surface area contributed by atoms with Crippen LogP contribution in [-0.2, 0) is 21.2 Å². The highest BCUT2D eigenvalue weighted by atomic mass is 32.2. The van der Waals surface area contributed by atoms with Gasteiger partial charge >= 0.3 is 0 Å². The summed E-state index contributed by atoms with van der Waals surface area (Å²) in [6, 6.07) is 1.58. The fraction of sp³-hybridized carbons (Fsp3) is 0.588. The molecular formula is C17H21N3O4S2. The smallest absolute Gasteiger partial charge is 0.271 e. The van der Waals surface area contributed by atoms with Gasteiger partial charge in [0.25, 0.3) is 5.56 Å². The molecule has 2 fully saturated rings. The van der Waals surface area contributed by atoms with E-state index in [1.54, 1.807) is 16.3 Å². The van der Waals surface area contributed by atoms with E-state index in [1.165, 1.54) is 22.2 Å². The molecule has 9 heteroatoms. The quantitative estimate of drug-likeness (QED) is 0.781. The minimum atomic E-state index is -3.08. The summed E-state index contributed by atoms with van der Waals surface area (Å²) >= 11 is 1.31. The molecule has 2 aromatic heterocycles. The first-order valence-electron chi connectivity index (χ1n) is 8.89. The van der Waals surface area contributed by atoms with Crippen molar-refractivity contribution in [3.05, 3.63) is 28.1 Å². The highest BCUT2D eigenvalue weighted by Crippen LogP contribution is 2.29. The maximum absolute atomic E-state index is 13.1. The number of rotatable bonds is 4. The normalized spacial score (nSPS) is 22.8. The van der Waals surface area contributed by atoms with Crippen molar-refractivity contribution in [1.29, 1.82) is 0 Å². The van der Waals surface area contributed by atoms with Crippen LogP contribution in [0, 0.1) is 0 Å². The molecule has 1 aliphatic carbocycles. The molecule has 4 rings (SSSR count). The topological polar surface area (TPSA) is 89.3 Å². The average molecular weight is 396 g/mol. The van der Waals surface area contributed by atoms with Gasteiger partial charge in [-0.2, -0.15) is 0 Å². The van der Waals surface area contributed by atoms with Gasteiger partial charge in [-0.05, 0) is 30.7 Å². The SMILES string of the molecule is O=C(Cn1cnc2ccsc2c1=O)N(C1CCCC1)C1CCS(=O)(=O)C1. The van der Waals surface area contributed by atoms with Crippen LogP contribution < -0.4 is 5.56 Å². The fourth-order valence-corrected chi connectivity index (χ4v) is 6.61. The molecule has 1 aliphatic heterocycles. The Labute approximate surface area is 155 Å². The Morgan fingerprint density at radius 2 is 2.04 bits per heavy atom. The van der Waals surface area contributed by atoms with Gasteiger partial charge in [0.1, 0.15) is 11.2 Å². The summed E-state index contributed by atoms with van der Waals surface area (Å²) in [5.74, 6) is -0.0118. The zero-order valence-corrected chi connectivity index (χ0v) is 16.0. The van der Waals surface area contributed by atoms with E-state index in [1.807, 2.05) is 0 Å². The molecule has 0 aromatic carbocycles. The molecule has 0 spiro atoms. The molecule has 1 saturated heterocycles. The predicted molar refractivity (Wildman–Crippen MR) is 100 cm³/mol. The van der Waals surface area contributed by atoms with Crippen LogP contribution in [0.3, 0.4) is 0 Å². The van der Waals surface area contributed by atoms with Crippen molar-refractivity contribution in [3.8, 4) is 0 Å². The lowest BCUT2D eigenvalue weighted by Gasteiger charge is -2.34.